The smallest absolute Gasteiger partial charge is 0.243 e. The molecule has 0 aromatic rings. The maximum Gasteiger partial charge on any atom is 0.243 e. The van der Waals surface area contributed by atoms with Crippen LogP contribution in [-0.2, 0) is 18.5 Å². The van der Waals surface area contributed by atoms with Crippen LogP contribution in [0.25, 0.3) is 0 Å². The number of fused-ring (bicyclic) bond motifs is 1. The zero-order chi connectivity index (χ0) is 36.5. The summed E-state index contributed by atoms with van der Waals surface area (Å²) in [7, 11) is -4.59. The summed E-state index contributed by atoms with van der Waals surface area (Å²) in [6.07, 6.45) is 15.9. The van der Waals surface area contributed by atoms with Gasteiger partial charge in [-0.15, -0.1) is 0 Å². The quantitative estimate of drug-likeness (QED) is 0.0880. The van der Waals surface area contributed by atoms with E-state index in [1.807, 2.05) is 0 Å². The van der Waals surface area contributed by atoms with Crippen LogP contribution in [0.15, 0.2) is 47.1 Å². The van der Waals surface area contributed by atoms with Crippen LogP contribution in [0, 0.1) is 17.3 Å². The van der Waals surface area contributed by atoms with Crippen molar-refractivity contribution in [3.05, 3.63) is 47.1 Å². The second-order valence-electron chi connectivity index (χ2n) is 18.5. The zero-order valence-corrected chi connectivity index (χ0v) is 35.8. The molecule has 7 heteroatoms. The van der Waals surface area contributed by atoms with E-state index in [4.69, 9.17) is 20.3 Å². The number of hydrogen-bond donors (Lipinski definition) is 0. The molecule has 0 aromatic heterocycles. The van der Waals surface area contributed by atoms with Crippen molar-refractivity contribution in [3.63, 3.8) is 0 Å². The zero-order valence-electron chi connectivity index (χ0n) is 33.8. The van der Waals surface area contributed by atoms with Crippen molar-refractivity contribution in [2.75, 3.05) is 6.54 Å². The number of carbonyl (C=O) groups excluding carboxylic acids is 1. The fraction of sp³-hybridized carbons (Fsp3) is 0.780. The predicted octanol–water partition coefficient (Wildman–Crippen LogP) is 12.1. The van der Waals surface area contributed by atoms with Crippen LogP contribution in [0.3, 0.4) is 0 Å². The van der Waals surface area contributed by atoms with Crippen molar-refractivity contribution in [2.45, 2.75) is 182 Å². The molecule has 2 saturated carbocycles. The topological polar surface area (TPSA) is 48.0 Å². The molecule has 1 amide bonds. The average Bonchev–Trinajstić information content (AvgIpc) is 3.31. The van der Waals surface area contributed by atoms with E-state index >= 15 is 0 Å². The van der Waals surface area contributed by atoms with Crippen LogP contribution in [0.5, 0.6) is 0 Å². The van der Waals surface area contributed by atoms with Gasteiger partial charge in [0.1, 0.15) is 0 Å². The first-order chi connectivity index (χ1) is 22.0. The van der Waals surface area contributed by atoms with Gasteiger partial charge in [-0.2, -0.15) is 0 Å². The second-order valence-corrected chi connectivity index (χ2v) is 28.0. The van der Waals surface area contributed by atoms with Crippen LogP contribution < -0.4 is 0 Å². The Morgan fingerprint density at radius 3 is 2.17 bits per heavy atom. The lowest BCUT2D eigenvalue weighted by molar-refractivity contribution is -0.319. The molecule has 0 saturated heterocycles. The largest absolute Gasteiger partial charge is 0.410 e. The number of amides is 1. The van der Waals surface area contributed by atoms with Gasteiger partial charge in [-0.25, -0.2) is 9.90 Å². The Balaban J connectivity index is 2.19. The molecule has 0 spiro atoms. The highest BCUT2D eigenvalue weighted by Gasteiger charge is 2.53. The summed E-state index contributed by atoms with van der Waals surface area (Å²) in [5.41, 5.74) is 5.60. The summed E-state index contributed by atoms with van der Waals surface area (Å²) in [6, 6.07) is 0. The predicted molar refractivity (Wildman–Crippen MR) is 209 cm³/mol. The van der Waals surface area contributed by atoms with Gasteiger partial charge in [0.25, 0.3) is 0 Å². The van der Waals surface area contributed by atoms with Crippen LogP contribution in [0.2, 0.25) is 36.3 Å². The van der Waals surface area contributed by atoms with E-state index in [2.05, 4.69) is 114 Å². The second kappa shape index (κ2) is 15.2. The Labute approximate surface area is 298 Å². The summed E-state index contributed by atoms with van der Waals surface area (Å²) in [5.74, 6) is -0.220. The van der Waals surface area contributed by atoms with Crippen LogP contribution in [0.1, 0.15) is 134 Å². The highest BCUT2D eigenvalue weighted by molar-refractivity contribution is 6.74. The molecule has 2 fully saturated rings. The van der Waals surface area contributed by atoms with E-state index in [0.29, 0.717) is 31.2 Å². The Morgan fingerprint density at radius 1 is 1.04 bits per heavy atom. The summed E-state index contributed by atoms with van der Waals surface area (Å²) in [6.45, 7) is 38.9. The summed E-state index contributed by atoms with van der Waals surface area (Å²) < 4.78 is 14.7. The molecule has 274 valence electrons. The minimum Gasteiger partial charge on any atom is -0.410 e. The van der Waals surface area contributed by atoms with Gasteiger partial charge in [-0.3, -0.25) is 4.79 Å². The number of nitrogens with zero attached hydrogens (tertiary/aromatic N) is 1. The molecule has 0 heterocycles. The van der Waals surface area contributed by atoms with Crippen molar-refractivity contribution >= 4 is 22.5 Å². The third kappa shape index (κ3) is 8.96. The fourth-order valence-electron chi connectivity index (χ4n) is 7.56. The molecule has 0 aliphatic heterocycles. The van der Waals surface area contributed by atoms with E-state index in [9.17, 15) is 4.79 Å². The molecule has 2 unspecified atom stereocenters. The molecular formula is C41H73NO4Si2. The summed E-state index contributed by atoms with van der Waals surface area (Å²) in [4.78, 5) is 20.3. The molecule has 0 bridgehead atoms. The van der Waals surface area contributed by atoms with Gasteiger partial charge in [0.2, 0.25) is 5.91 Å². The number of carbonyl (C=O) groups is 1. The van der Waals surface area contributed by atoms with Gasteiger partial charge in [0, 0.05) is 19.8 Å². The molecule has 3 aliphatic carbocycles. The van der Waals surface area contributed by atoms with Crippen molar-refractivity contribution in [3.8, 4) is 0 Å². The average molecular weight is 700 g/mol. The fourth-order valence-corrected chi connectivity index (χ4v) is 10.3. The van der Waals surface area contributed by atoms with E-state index in [1.165, 1.54) is 12.8 Å². The van der Waals surface area contributed by atoms with E-state index in [0.717, 1.165) is 43.3 Å². The SMILES string of the molecule is C=C1C(=CC=C2CCC[C@]3(C)C(CC)=CCC23)CC(ON(CC(CC)CC)C(C)=O)(O[Si](C)(C)C(C)(C)C)C[C@@H]1O[Si](C)(C)C(C)(C)C. The third-order valence-electron chi connectivity index (χ3n) is 13.0. The number of hydroxylamine groups is 2. The standard InChI is InChI=1S/C41H73NO4Si2/c1-17-32(18-2)29-42(31(5)43)45-41(46-48(15,16)39(9,10)11)27-34(30(4)37(28-41)44-47(13,14)38(6,7)8)23-22-33-21-20-26-40(12)35(19-3)24-25-36(33)40/h22-24,32,36-37H,4,17-21,25-29H2,1-3,5-16H3/t36?,37-,40+,41?/m0/s1. The Bertz CT molecular complexity index is 1260. The number of hydrogen-bond acceptors (Lipinski definition) is 4. The van der Waals surface area contributed by atoms with Gasteiger partial charge in [-0.1, -0.05) is 118 Å². The molecule has 3 aliphatic rings. The van der Waals surface area contributed by atoms with E-state index in [1.54, 1.807) is 23.1 Å². The van der Waals surface area contributed by atoms with E-state index in [-0.39, 0.29) is 27.5 Å². The first-order valence-corrected chi connectivity index (χ1v) is 24.9. The van der Waals surface area contributed by atoms with Crippen molar-refractivity contribution in [1.82, 2.24) is 5.06 Å². The van der Waals surface area contributed by atoms with Gasteiger partial charge < -0.3 is 8.85 Å². The highest BCUT2D eigenvalue weighted by Crippen LogP contribution is 2.56. The number of rotatable bonds is 12. The Morgan fingerprint density at radius 2 is 1.65 bits per heavy atom. The lowest BCUT2D eigenvalue weighted by Crippen LogP contribution is -2.58. The summed E-state index contributed by atoms with van der Waals surface area (Å²) >= 11 is 0. The maximum absolute atomic E-state index is 13.3. The minimum absolute atomic E-state index is 0.0281. The molecule has 0 radical (unpaired) electrons. The normalized spacial score (nSPS) is 29.1. The molecule has 5 nitrogen and oxygen atoms in total. The lowest BCUT2D eigenvalue weighted by Gasteiger charge is -2.51. The molecule has 48 heavy (non-hydrogen) atoms. The Hall–Kier alpha value is -1.26. The van der Waals surface area contributed by atoms with Gasteiger partial charge in [-0.05, 0) is 96.8 Å². The van der Waals surface area contributed by atoms with Gasteiger partial charge in [0.05, 0.1) is 12.6 Å². The monoisotopic (exact) mass is 700 g/mol. The van der Waals surface area contributed by atoms with E-state index < -0.39 is 22.4 Å². The first kappa shape index (κ1) is 41.2. The molecule has 0 N–H and O–H groups in total. The van der Waals surface area contributed by atoms with Crippen LogP contribution >= 0.6 is 0 Å². The van der Waals surface area contributed by atoms with Gasteiger partial charge in [0.15, 0.2) is 22.4 Å². The third-order valence-corrected chi connectivity index (χ3v) is 22.0. The molecule has 0 aromatic carbocycles. The molecular weight excluding hydrogens is 627 g/mol. The summed E-state index contributed by atoms with van der Waals surface area (Å²) in [5, 5.41) is 1.59. The highest BCUT2D eigenvalue weighted by atomic mass is 28.4. The lowest BCUT2D eigenvalue weighted by atomic mass is 9.64. The maximum atomic E-state index is 13.3. The van der Waals surface area contributed by atoms with Crippen molar-refractivity contribution < 1.29 is 18.5 Å². The minimum atomic E-state index is -2.38. The van der Waals surface area contributed by atoms with Gasteiger partial charge >= 0.3 is 0 Å². The van der Waals surface area contributed by atoms with Crippen molar-refractivity contribution in [2.24, 2.45) is 17.3 Å². The molecule has 4 atom stereocenters. The first-order valence-electron chi connectivity index (χ1n) is 19.1. The number of allylic oxidation sites excluding steroid dienone is 5. The van der Waals surface area contributed by atoms with Crippen LogP contribution in [0.4, 0.5) is 0 Å². The molecule has 3 rings (SSSR count). The van der Waals surface area contributed by atoms with Crippen LogP contribution in [-0.4, -0.2) is 46.0 Å². The van der Waals surface area contributed by atoms with Crippen molar-refractivity contribution in [1.29, 1.82) is 0 Å². The Kier molecular flexibility index (Phi) is 13.0.